The van der Waals surface area contributed by atoms with Crippen LogP contribution in [-0.2, 0) is 11.3 Å². The lowest BCUT2D eigenvalue weighted by molar-refractivity contribution is -0.121. The van der Waals surface area contributed by atoms with E-state index in [9.17, 15) is 4.79 Å². The second-order valence-corrected chi connectivity index (χ2v) is 5.06. The van der Waals surface area contributed by atoms with E-state index in [-0.39, 0.29) is 5.91 Å². The zero-order valence-corrected chi connectivity index (χ0v) is 11.4. The van der Waals surface area contributed by atoms with E-state index in [0.29, 0.717) is 13.0 Å². The highest BCUT2D eigenvalue weighted by molar-refractivity contribution is 5.75. The fourth-order valence-corrected chi connectivity index (χ4v) is 2.40. The van der Waals surface area contributed by atoms with Gasteiger partial charge in [0.1, 0.15) is 0 Å². The number of hydrogen-bond donors (Lipinski definition) is 1. The molecule has 1 N–H and O–H groups in total. The Bertz CT molecular complexity index is 418. The number of carbonyl (C=O) groups is 1. The summed E-state index contributed by atoms with van der Waals surface area (Å²) >= 11 is 0. The summed E-state index contributed by atoms with van der Waals surface area (Å²) in [5, 5.41) is 2.91. The molecule has 3 heteroatoms. The van der Waals surface area contributed by atoms with Crippen LogP contribution in [-0.4, -0.2) is 10.9 Å². The number of carbonyl (C=O) groups excluding carboxylic acids is 1. The molecule has 0 bridgehead atoms. The van der Waals surface area contributed by atoms with Gasteiger partial charge in [-0.05, 0) is 44.2 Å². The maximum atomic E-state index is 11.7. The Labute approximate surface area is 115 Å². The topological polar surface area (TPSA) is 42.0 Å². The molecular formula is C16H22N2O. The zero-order chi connectivity index (χ0) is 13.3. The van der Waals surface area contributed by atoms with Gasteiger partial charge >= 0.3 is 0 Å². The second kappa shape index (κ2) is 7.72. The van der Waals surface area contributed by atoms with Crippen molar-refractivity contribution in [2.45, 2.75) is 51.5 Å². The highest BCUT2D eigenvalue weighted by atomic mass is 16.1. The maximum absolute atomic E-state index is 11.7. The Morgan fingerprint density at radius 2 is 2.11 bits per heavy atom. The van der Waals surface area contributed by atoms with Gasteiger partial charge in [-0.25, -0.2) is 0 Å². The normalized spacial score (nSPS) is 15.1. The first-order valence-corrected chi connectivity index (χ1v) is 7.19. The molecule has 3 nitrogen and oxygen atoms in total. The van der Waals surface area contributed by atoms with Crippen molar-refractivity contribution in [1.82, 2.24) is 10.3 Å². The fourth-order valence-electron chi connectivity index (χ4n) is 2.40. The minimum absolute atomic E-state index is 0.110. The van der Waals surface area contributed by atoms with E-state index in [2.05, 4.69) is 16.4 Å². The third kappa shape index (κ3) is 5.25. The van der Waals surface area contributed by atoms with Gasteiger partial charge in [-0.15, -0.1) is 0 Å². The van der Waals surface area contributed by atoms with E-state index < -0.39 is 0 Å². The largest absolute Gasteiger partial charge is 0.350 e. The van der Waals surface area contributed by atoms with Crippen LogP contribution in [0, 0.1) is 0 Å². The van der Waals surface area contributed by atoms with Crippen molar-refractivity contribution in [2.24, 2.45) is 0 Å². The predicted molar refractivity (Wildman–Crippen MR) is 76.5 cm³/mol. The van der Waals surface area contributed by atoms with Gasteiger partial charge in [-0.3, -0.25) is 9.78 Å². The van der Waals surface area contributed by atoms with Crippen molar-refractivity contribution in [3.8, 4) is 0 Å². The van der Waals surface area contributed by atoms with Crippen molar-refractivity contribution in [2.75, 3.05) is 0 Å². The van der Waals surface area contributed by atoms with E-state index >= 15 is 0 Å². The van der Waals surface area contributed by atoms with Crippen LogP contribution in [0.25, 0.3) is 0 Å². The average molecular weight is 258 g/mol. The number of allylic oxidation sites excluding steroid dienone is 2. The molecule has 1 aliphatic carbocycles. The first kappa shape index (κ1) is 13.8. The quantitative estimate of drug-likeness (QED) is 0.823. The molecule has 2 rings (SSSR count). The molecule has 0 aliphatic heterocycles. The summed E-state index contributed by atoms with van der Waals surface area (Å²) in [6.45, 7) is 0.524. The van der Waals surface area contributed by atoms with E-state index in [4.69, 9.17) is 0 Å². The predicted octanol–water partition coefficient (Wildman–Crippen LogP) is 3.37. The summed E-state index contributed by atoms with van der Waals surface area (Å²) in [7, 11) is 0. The average Bonchev–Trinajstić information content (AvgIpc) is 2.47. The van der Waals surface area contributed by atoms with E-state index in [1.165, 1.54) is 32.1 Å². The number of aromatic nitrogens is 1. The standard InChI is InChI=1S/C16H22N2O/c19-16(18-13-15-10-4-5-12-17-15)11-6-9-14-7-2-1-3-8-14/h4-5,9-10,12H,1-3,6-8,11,13H2,(H,18,19). The van der Waals surface area contributed by atoms with Gasteiger partial charge in [0.05, 0.1) is 12.2 Å². The number of amides is 1. The van der Waals surface area contributed by atoms with Gasteiger partial charge in [0, 0.05) is 12.6 Å². The summed E-state index contributed by atoms with van der Waals surface area (Å²) in [6.07, 6.45) is 11.9. The van der Waals surface area contributed by atoms with Gasteiger partial charge in [-0.1, -0.05) is 24.1 Å². The molecule has 1 aromatic rings. The van der Waals surface area contributed by atoms with Crippen LogP contribution in [0.1, 0.15) is 50.6 Å². The summed E-state index contributed by atoms with van der Waals surface area (Å²) in [5.41, 5.74) is 2.45. The molecule has 1 aromatic heterocycles. The van der Waals surface area contributed by atoms with Crippen molar-refractivity contribution >= 4 is 5.91 Å². The summed E-state index contributed by atoms with van der Waals surface area (Å²) < 4.78 is 0. The Kier molecular flexibility index (Phi) is 5.60. The van der Waals surface area contributed by atoms with Crippen molar-refractivity contribution < 1.29 is 4.79 Å². The molecule has 0 saturated heterocycles. The van der Waals surface area contributed by atoms with Crippen LogP contribution in [0.2, 0.25) is 0 Å². The van der Waals surface area contributed by atoms with Gasteiger partial charge in [-0.2, -0.15) is 0 Å². The maximum Gasteiger partial charge on any atom is 0.220 e. The van der Waals surface area contributed by atoms with E-state index in [0.717, 1.165) is 12.1 Å². The molecule has 0 radical (unpaired) electrons. The number of hydrogen-bond acceptors (Lipinski definition) is 2. The molecule has 0 unspecified atom stereocenters. The molecule has 1 fully saturated rings. The second-order valence-electron chi connectivity index (χ2n) is 5.06. The SMILES string of the molecule is O=C(CCC=C1CCCCC1)NCc1ccccn1. The molecule has 1 aliphatic rings. The number of rotatable bonds is 5. The number of pyridine rings is 1. The molecule has 102 valence electrons. The first-order valence-electron chi connectivity index (χ1n) is 7.19. The fraction of sp³-hybridized carbons (Fsp3) is 0.500. The number of nitrogens with one attached hydrogen (secondary N) is 1. The van der Waals surface area contributed by atoms with Gasteiger partial charge in [0.2, 0.25) is 5.91 Å². The first-order chi connectivity index (χ1) is 9.34. The molecule has 1 saturated carbocycles. The monoisotopic (exact) mass is 258 g/mol. The Morgan fingerprint density at radius 3 is 2.84 bits per heavy atom. The van der Waals surface area contributed by atoms with Gasteiger partial charge in [0.25, 0.3) is 0 Å². The van der Waals surface area contributed by atoms with Crippen LogP contribution >= 0.6 is 0 Å². The summed E-state index contributed by atoms with van der Waals surface area (Å²) in [6, 6.07) is 5.73. The number of nitrogens with zero attached hydrogens (tertiary/aromatic N) is 1. The Hall–Kier alpha value is -1.64. The molecule has 19 heavy (non-hydrogen) atoms. The summed E-state index contributed by atoms with van der Waals surface area (Å²) in [5.74, 6) is 0.110. The molecule has 1 amide bonds. The highest BCUT2D eigenvalue weighted by Gasteiger charge is 2.05. The molecule has 0 aromatic carbocycles. The van der Waals surface area contributed by atoms with Crippen molar-refractivity contribution in [3.05, 3.63) is 41.7 Å². The molecule has 0 atom stereocenters. The van der Waals surface area contributed by atoms with Crippen molar-refractivity contribution in [1.29, 1.82) is 0 Å². The van der Waals surface area contributed by atoms with Crippen LogP contribution in [0.5, 0.6) is 0 Å². The summed E-state index contributed by atoms with van der Waals surface area (Å²) in [4.78, 5) is 15.9. The Balaban J connectivity index is 1.64. The lowest BCUT2D eigenvalue weighted by atomic mass is 9.94. The molecular weight excluding hydrogens is 236 g/mol. The third-order valence-electron chi connectivity index (χ3n) is 3.49. The smallest absolute Gasteiger partial charge is 0.220 e. The molecule has 1 heterocycles. The van der Waals surface area contributed by atoms with Crippen LogP contribution in [0.15, 0.2) is 36.0 Å². The zero-order valence-electron chi connectivity index (χ0n) is 11.4. The lowest BCUT2D eigenvalue weighted by Crippen LogP contribution is -2.22. The minimum Gasteiger partial charge on any atom is -0.350 e. The third-order valence-corrected chi connectivity index (χ3v) is 3.49. The van der Waals surface area contributed by atoms with Crippen LogP contribution in [0.3, 0.4) is 0 Å². The van der Waals surface area contributed by atoms with Gasteiger partial charge < -0.3 is 5.32 Å². The van der Waals surface area contributed by atoms with Gasteiger partial charge in [0.15, 0.2) is 0 Å². The van der Waals surface area contributed by atoms with E-state index in [1.54, 1.807) is 11.8 Å². The van der Waals surface area contributed by atoms with E-state index in [1.807, 2.05) is 18.2 Å². The van der Waals surface area contributed by atoms with Crippen LogP contribution < -0.4 is 5.32 Å². The highest BCUT2D eigenvalue weighted by Crippen LogP contribution is 2.23. The Morgan fingerprint density at radius 1 is 1.26 bits per heavy atom. The van der Waals surface area contributed by atoms with Crippen LogP contribution in [0.4, 0.5) is 0 Å². The lowest BCUT2D eigenvalue weighted by Gasteiger charge is -2.13. The minimum atomic E-state index is 0.110. The molecule has 0 spiro atoms. The van der Waals surface area contributed by atoms with Crippen molar-refractivity contribution in [3.63, 3.8) is 0 Å².